The van der Waals surface area contributed by atoms with E-state index in [9.17, 15) is 14.4 Å². The number of rotatable bonds is 6. The predicted molar refractivity (Wildman–Crippen MR) is 146 cm³/mol. The number of amides is 3. The number of carbonyl (C=O) groups excluding carboxylic acids is 3. The summed E-state index contributed by atoms with van der Waals surface area (Å²) in [7, 11) is 2.11. The van der Waals surface area contributed by atoms with Crippen molar-refractivity contribution in [3.05, 3.63) is 58.3 Å². The molecule has 3 aliphatic heterocycles. The molecule has 9 heteroatoms. The van der Waals surface area contributed by atoms with Crippen LogP contribution in [0.3, 0.4) is 0 Å². The Morgan fingerprint density at radius 1 is 0.868 bits per heavy atom. The first-order valence-corrected chi connectivity index (χ1v) is 13.6. The zero-order chi connectivity index (χ0) is 27.0. The smallest absolute Gasteiger partial charge is 0.253 e. The molecule has 3 saturated heterocycles. The average Bonchev–Trinajstić information content (AvgIpc) is 3.16. The first-order valence-electron chi connectivity index (χ1n) is 13.6. The van der Waals surface area contributed by atoms with Crippen LogP contribution in [-0.4, -0.2) is 71.9 Å². The third-order valence-electron chi connectivity index (χ3n) is 8.48. The van der Waals surface area contributed by atoms with Crippen molar-refractivity contribution in [3.63, 3.8) is 0 Å². The van der Waals surface area contributed by atoms with Gasteiger partial charge in [-0.3, -0.25) is 14.4 Å². The van der Waals surface area contributed by atoms with Crippen molar-refractivity contribution in [1.82, 2.24) is 20.5 Å². The highest BCUT2D eigenvalue weighted by Crippen LogP contribution is 2.38. The van der Waals surface area contributed by atoms with E-state index in [2.05, 4.69) is 32.5 Å². The normalized spacial score (nSPS) is 23.8. The summed E-state index contributed by atoms with van der Waals surface area (Å²) in [5.74, 6) is 0.239. The molecule has 1 unspecified atom stereocenters. The molecule has 202 valence electrons. The molecule has 2 aromatic rings. The highest BCUT2D eigenvalue weighted by molar-refractivity contribution is 5.99. The van der Waals surface area contributed by atoms with Crippen LogP contribution in [0.25, 0.3) is 0 Å². The van der Waals surface area contributed by atoms with Crippen LogP contribution in [0, 0.1) is 13.8 Å². The lowest BCUT2D eigenvalue weighted by atomic mass is 9.95. The Bertz CT molecular complexity index is 1210. The van der Waals surface area contributed by atoms with Gasteiger partial charge in [0.1, 0.15) is 5.82 Å². The molecule has 3 amide bonds. The number of primary amides is 1. The molecule has 3 aliphatic rings. The first kappa shape index (κ1) is 26.2. The molecule has 3 atom stereocenters. The number of benzene rings is 1. The van der Waals surface area contributed by atoms with E-state index < -0.39 is 5.91 Å². The molecule has 0 radical (unpaired) electrons. The maximum absolute atomic E-state index is 13.1. The van der Waals surface area contributed by atoms with Gasteiger partial charge in [-0.2, -0.15) is 0 Å². The Labute approximate surface area is 224 Å². The minimum Gasteiger partial charge on any atom is -0.366 e. The van der Waals surface area contributed by atoms with Gasteiger partial charge in [0.25, 0.3) is 11.8 Å². The molecule has 38 heavy (non-hydrogen) atoms. The van der Waals surface area contributed by atoms with E-state index >= 15 is 0 Å². The van der Waals surface area contributed by atoms with Gasteiger partial charge in [0.2, 0.25) is 5.91 Å². The lowest BCUT2D eigenvalue weighted by Crippen LogP contribution is -2.51. The number of nitrogens with one attached hydrogen (secondary N) is 2. The summed E-state index contributed by atoms with van der Waals surface area (Å²) in [6.45, 7) is 5.63. The second-order valence-corrected chi connectivity index (χ2v) is 11.2. The number of likely N-dealkylation sites (tertiary alicyclic amines) is 1. The third-order valence-corrected chi connectivity index (χ3v) is 8.48. The molecule has 5 rings (SSSR count). The fourth-order valence-electron chi connectivity index (χ4n) is 6.35. The third kappa shape index (κ3) is 5.38. The Balaban J connectivity index is 1.20. The van der Waals surface area contributed by atoms with Gasteiger partial charge in [0.15, 0.2) is 0 Å². The number of pyridine rings is 1. The molecule has 0 saturated carbocycles. The molecule has 1 aromatic carbocycles. The van der Waals surface area contributed by atoms with Crippen LogP contribution in [0.1, 0.15) is 80.7 Å². The Morgan fingerprint density at radius 2 is 1.47 bits per heavy atom. The molecule has 4 N–H and O–H groups in total. The van der Waals surface area contributed by atoms with Crippen molar-refractivity contribution in [1.29, 1.82) is 0 Å². The minimum atomic E-state index is -0.485. The van der Waals surface area contributed by atoms with Crippen LogP contribution < -0.4 is 21.3 Å². The van der Waals surface area contributed by atoms with E-state index in [0.29, 0.717) is 34.3 Å². The van der Waals surface area contributed by atoms with Crippen molar-refractivity contribution in [3.8, 4) is 0 Å². The summed E-state index contributed by atoms with van der Waals surface area (Å²) in [6, 6.07) is 8.17. The van der Waals surface area contributed by atoms with Crippen LogP contribution in [0.4, 0.5) is 5.82 Å². The SMILES string of the molecule is Cc1cc(C(=O)NC2C[C@H]3CC[C@@H](C2)N3c2ccc(C(=O)NC3CCN(C)CC3)cn2)c(C)cc1C(N)=O. The molecule has 9 nitrogen and oxygen atoms in total. The fraction of sp³-hybridized carbons (Fsp3) is 0.517. The molecular formula is C29H38N6O3. The summed E-state index contributed by atoms with van der Waals surface area (Å²) < 4.78 is 0. The predicted octanol–water partition coefficient (Wildman–Crippen LogP) is 2.55. The maximum atomic E-state index is 13.1. The van der Waals surface area contributed by atoms with E-state index in [1.807, 2.05) is 19.1 Å². The molecule has 1 aromatic heterocycles. The Morgan fingerprint density at radius 3 is 2.08 bits per heavy atom. The van der Waals surface area contributed by atoms with Gasteiger partial charge in [0.05, 0.1) is 5.56 Å². The second-order valence-electron chi connectivity index (χ2n) is 11.2. The summed E-state index contributed by atoms with van der Waals surface area (Å²) >= 11 is 0. The minimum absolute atomic E-state index is 0.0580. The van der Waals surface area contributed by atoms with E-state index in [1.165, 1.54) is 0 Å². The van der Waals surface area contributed by atoms with E-state index in [1.54, 1.807) is 25.3 Å². The van der Waals surface area contributed by atoms with E-state index in [4.69, 9.17) is 5.73 Å². The molecule has 3 fully saturated rings. The van der Waals surface area contributed by atoms with Crippen molar-refractivity contribution >= 4 is 23.5 Å². The molecule has 4 heterocycles. The number of hydrogen-bond donors (Lipinski definition) is 3. The topological polar surface area (TPSA) is 121 Å². The van der Waals surface area contributed by atoms with Gasteiger partial charge >= 0.3 is 0 Å². The summed E-state index contributed by atoms with van der Waals surface area (Å²) in [5, 5.41) is 6.39. The molecule has 0 aliphatic carbocycles. The monoisotopic (exact) mass is 518 g/mol. The number of hydrogen-bond acceptors (Lipinski definition) is 6. The van der Waals surface area contributed by atoms with Crippen LogP contribution in [0.2, 0.25) is 0 Å². The highest BCUT2D eigenvalue weighted by Gasteiger charge is 2.42. The van der Waals surface area contributed by atoms with E-state index in [0.717, 1.165) is 63.0 Å². The summed E-state index contributed by atoms with van der Waals surface area (Å²) in [6.07, 6.45) is 7.44. The zero-order valence-electron chi connectivity index (χ0n) is 22.5. The molecular weight excluding hydrogens is 480 g/mol. The Hall–Kier alpha value is -3.46. The van der Waals surface area contributed by atoms with E-state index in [-0.39, 0.29) is 23.9 Å². The highest BCUT2D eigenvalue weighted by atomic mass is 16.2. The quantitative estimate of drug-likeness (QED) is 0.541. The second kappa shape index (κ2) is 10.7. The van der Waals surface area contributed by atoms with Crippen molar-refractivity contribution in [2.75, 3.05) is 25.0 Å². The largest absolute Gasteiger partial charge is 0.366 e. The lowest BCUT2D eigenvalue weighted by Gasteiger charge is -2.40. The lowest BCUT2D eigenvalue weighted by molar-refractivity contribution is 0.0912. The van der Waals surface area contributed by atoms with Gasteiger partial charge in [-0.1, -0.05) is 0 Å². The zero-order valence-corrected chi connectivity index (χ0v) is 22.5. The van der Waals surface area contributed by atoms with Gasteiger partial charge in [-0.05, 0) is 108 Å². The number of aryl methyl sites for hydroxylation is 2. The number of nitrogens with two attached hydrogens (primary N) is 1. The Kier molecular flexibility index (Phi) is 7.38. The number of anilines is 1. The molecule has 0 spiro atoms. The number of nitrogens with zero attached hydrogens (tertiary/aromatic N) is 3. The van der Waals surface area contributed by atoms with Gasteiger partial charge < -0.3 is 26.2 Å². The summed E-state index contributed by atoms with van der Waals surface area (Å²) in [5.41, 5.74) is 8.52. The number of piperidine rings is 2. The number of fused-ring (bicyclic) bond motifs is 2. The number of carbonyl (C=O) groups is 3. The number of aromatic nitrogens is 1. The van der Waals surface area contributed by atoms with Crippen molar-refractivity contribution in [2.24, 2.45) is 5.73 Å². The standard InChI is InChI=1S/C29H38N6O3/c1-17-13-25(18(2)12-24(17)27(30)36)29(38)33-21-14-22-5-6-23(15-21)35(22)26-7-4-19(16-31-26)28(37)32-20-8-10-34(3)11-9-20/h4,7,12-13,16,20-23H,5-6,8-11,14-15H2,1-3H3,(H2,30,36)(H,32,37)(H,33,38)/t21?,22-,23+. The maximum Gasteiger partial charge on any atom is 0.253 e. The first-order chi connectivity index (χ1) is 18.2. The van der Waals surface area contributed by atoms with Crippen molar-refractivity contribution in [2.45, 2.75) is 76.5 Å². The average molecular weight is 519 g/mol. The molecule has 2 bridgehead atoms. The van der Waals surface area contributed by atoms with Crippen LogP contribution in [0.5, 0.6) is 0 Å². The van der Waals surface area contributed by atoms with Gasteiger partial charge in [0, 0.05) is 41.5 Å². The van der Waals surface area contributed by atoms with Gasteiger partial charge in [-0.25, -0.2) is 4.98 Å². The fourth-order valence-corrected chi connectivity index (χ4v) is 6.35. The van der Waals surface area contributed by atoms with Crippen LogP contribution in [-0.2, 0) is 0 Å². The van der Waals surface area contributed by atoms with Gasteiger partial charge in [-0.15, -0.1) is 0 Å². The van der Waals surface area contributed by atoms with Crippen molar-refractivity contribution < 1.29 is 14.4 Å². The summed E-state index contributed by atoms with van der Waals surface area (Å²) in [4.78, 5) is 46.8. The van der Waals surface area contributed by atoms with Crippen LogP contribution in [0.15, 0.2) is 30.5 Å². The van der Waals surface area contributed by atoms with Crippen LogP contribution >= 0.6 is 0 Å².